The van der Waals surface area contributed by atoms with E-state index in [0.29, 0.717) is 17.5 Å². The first kappa shape index (κ1) is 19.0. The Labute approximate surface area is 175 Å². The molecule has 6 nitrogen and oxygen atoms in total. The van der Waals surface area contributed by atoms with Crippen LogP contribution in [0.1, 0.15) is 24.2 Å². The van der Waals surface area contributed by atoms with Gasteiger partial charge in [-0.1, -0.05) is 33.8 Å². The van der Waals surface area contributed by atoms with E-state index in [0.717, 1.165) is 31.9 Å². The molecule has 0 saturated heterocycles. The lowest BCUT2D eigenvalue weighted by Gasteiger charge is -2.34. The van der Waals surface area contributed by atoms with Crippen LogP contribution in [0, 0.1) is 6.92 Å². The average molecular weight is 459 g/mol. The van der Waals surface area contributed by atoms with Crippen molar-refractivity contribution >= 4 is 44.5 Å². The summed E-state index contributed by atoms with van der Waals surface area (Å²) in [6, 6.07) is 11.7. The van der Waals surface area contributed by atoms with Gasteiger partial charge in [0.15, 0.2) is 11.3 Å². The maximum absolute atomic E-state index is 12.9. The topological polar surface area (TPSA) is 66.3 Å². The Bertz CT molecular complexity index is 1120. The summed E-state index contributed by atoms with van der Waals surface area (Å²) in [5, 5.41) is 11.3. The lowest BCUT2D eigenvalue weighted by molar-refractivity contribution is -0.116. The highest BCUT2D eigenvalue weighted by atomic mass is 79.9. The van der Waals surface area contributed by atoms with Crippen LogP contribution in [-0.2, 0) is 4.79 Å². The maximum atomic E-state index is 12.9. The molecule has 2 aromatic rings. The fourth-order valence-corrected chi connectivity index (χ4v) is 4.04. The maximum Gasteiger partial charge on any atom is 0.276 e. The number of hydrazone groups is 1. The zero-order chi connectivity index (χ0) is 19.8. The number of rotatable bonds is 3. The highest BCUT2D eigenvalue weighted by Gasteiger charge is 2.34. The van der Waals surface area contributed by atoms with E-state index >= 15 is 0 Å². The van der Waals surface area contributed by atoms with Crippen LogP contribution in [0.5, 0.6) is 5.75 Å². The summed E-state index contributed by atoms with van der Waals surface area (Å²) in [6.45, 7) is 4.58. The molecule has 0 saturated carbocycles. The van der Waals surface area contributed by atoms with Crippen LogP contribution in [0.2, 0.25) is 0 Å². The molecule has 1 atom stereocenters. The number of fused-ring (bicyclic) bond motifs is 2. The molecule has 2 aromatic carbocycles. The normalized spacial score (nSPS) is 17.9. The lowest BCUT2D eigenvalue weighted by Crippen LogP contribution is -2.50. The van der Waals surface area contributed by atoms with Crippen LogP contribution in [0.4, 0.5) is 0 Å². The Hall–Kier alpha value is -2.32. The van der Waals surface area contributed by atoms with Crippen molar-refractivity contribution in [2.75, 3.05) is 12.9 Å². The Morgan fingerprint density at radius 1 is 1.29 bits per heavy atom. The highest BCUT2D eigenvalue weighted by Crippen LogP contribution is 2.32. The fourth-order valence-electron chi connectivity index (χ4n) is 3.31. The van der Waals surface area contributed by atoms with Crippen LogP contribution in [0.3, 0.4) is 0 Å². The second-order valence-corrected chi connectivity index (χ2v) is 8.09. The summed E-state index contributed by atoms with van der Waals surface area (Å²) in [7, 11) is 0. The van der Waals surface area contributed by atoms with Crippen molar-refractivity contribution in [3.8, 4) is 5.75 Å². The van der Waals surface area contributed by atoms with E-state index < -0.39 is 6.17 Å². The Morgan fingerprint density at radius 3 is 2.82 bits per heavy atom. The van der Waals surface area contributed by atoms with Crippen LogP contribution in [0.25, 0.3) is 5.70 Å². The molecule has 1 amide bonds. The van der Waals surface area contributed by atoms with E-state index in [1.165, 1.54) is 11.8 Å². The number of hydrogen-bond donors (Lipinski definition) is 1. The molecule has 2 aliphatic rings. The summed E-state index contributed by atoms with van der Waals surface area (Å²) in [5.41, 5.74) is 2.47. The minimum atomic E-state index is -0.425. The van der Waals surface area contributed by atoms with Crippen LogP contribution >= 0.6 is 27.7 Å². The van der Waals surface area contributed by atoms with E-state index in [1.807, 2.05) is 56.5 Å². The van der Waals surface area contributed by atoms with E-state index in [4.69, 9.17) is 9.73 Å². The quantitative estimate of drug-likeness (QED) is 0.767. The van der Waals surface area contributed by atoms with Gasteiger partial charge in [-0.3, -0.25) is 15.1 Å². The van der Waals surface area contributed by atoms with E-state index in [2.05, 4.69) is 26.3 Å². The number of halogens is 1. The molecule has 144 valence electrons. The van der Waals surface area contributed by atoms with E-state index in [-0.39, 0.29) is 5.91 Å². The zero-order valence-electron chi connectivity index (χ0n) is 15.7. The van der Waals surface area contributed by atoms with Crippen LogP contribution in [-0.4, -0.2) is 28.9 Å². The molecular formula is C20H19BrN4O2S. The predicted octanol–water partition coefficient (Wildman–Crippen LogP) is 2.66. The number of hydrogen-bond acceptors (Lipinski definition) is 6. The molecule has 8 heteroatoms. The van der Waals surface area contributed by atoms with Crippen molar-refractivity contribution in [2.24, 2.45) is 10.1 Å². The van der Waals surface area contributed by atoms with Gasteiger partial charge in [-0.25, -0.2) is 5.01 Å². The molecule has 0 bridgehead atoms. The smallest absolute Gasteiger partial charge is 0.276 e. The molecule has 0 radical (unpaired) electrons. The number of nitrogens with zero attached hydrogens (tertiary/aromatic N) is 3. The minimum Gasteiger partial charge on any atom is -0.494 e. The third-order valence-electron chi connectivity index (χ3n) is 4.56. The van der Waals surface area contributed by atoms with Gasteiger partial charge in [-0.15, -0.1) is 5.10 Å². The summed E-state index contributed by atoms with van der Waals surface area (Å²) in [4.78, 5) is 17.8. The van der Waals surface area contributed by atoms with Gasteiger partial charge in [0.2, 0.25) is 0 Å². The molecule has 4 rings (SSSR count). The number of ether oxygens (including phenoxy) is 1. The number of amides is 1. The molecule has 0 unspecified atom stereocenters. The Kier molecular flexibility index (Phi) is 5.16. The Balaban J connectivity index is 1.92. The average Bonchev–Trinajstić information content (AvgIpc) is 2.68. The number of nitrogens with one attached hydrogen (secondary N) is 1. The van der Waals surface area contributed by atoms with Crippen molar-refractivity contribution in [1.82, 2.24) is 10.3 Å². The van der Waals surface area contributed by atoms with E-state index in [9.17, 15) is 4.79 Å². The summed E-state index contributed by atoms with van der Waals surface area (Å²) in [6.07, 6.45) is 1.46. The van der Waals surface area contributed by atoms with E-state index in [1.54, 1.807) is 5.01 Å². The van der Waals surface area contributed by atoms with Crippen molar-refractivity contribution < 1.29 is 9.53 Å². The van der Waals surface area contributed by atoms with Gasteiger partial charge in [0, 0.05) is 9.69 Å². The number of carbonyl (C=O) groups is 1. The standard InChI is InChI=1S/C20H19BrN4O2S/c1-4-27-16-8-5-12(9-11(16)2)18-22-15-7-6-13(21)10-14(15)17-19(26)23-20(28-3)24-25(17)18/h5-10,18H,4H2,1-3H3,(H,23,24,26)/t18-/m0/s1. The van der Waals surface area contributed by atoms with Gasteiger partial charge in [0.25, 0.3) is 5.91 Å². The number of carbonyl (C=O) groups excluding carboxylic acids is 1. The third kappa shape index (κ3) is 3.31. The minimum absolute atomic E-state index is 0.179. The zero-order valence-corrected chi connectivity index (χ0v) is 18.1. The first-order valence-electron chi connectivity index (χ1n) is 8.86. The van der Waals surface area contributed by atoms with Crippen molar-refractivity contribution in [1.29, 1.82) is 0 Å². The summed E-state index contributed by atoms with van der Waals surface area (Å²) < 4.78 is 6.54. The molecule has 28 heavy (non-hydrogen) atoms. The largest absolute Gasteiger partial charge is 0.494 e. The van der Waals surface area contributed by atoms with Crippen molar-refractivity contribution in [3.63, 3.8) is 0 Å². The monoisotopic (exact) mass is 458 g/mol. The third-order valence-corrected chi connectivity index (χ3v) is 5.62. The molecule has 1 N–H and O–H groups in total. The second-order valence-electron chi connectivity index (χ2n) is 6.38. The summed E-state index contributed by atoms with van der Waals surface area (Å²) >= 11 is 4.88. The van der Waals surface area contributed by atoms with Gasteiger partial charge in [0.1, 0.15) is 11.4 Å². The van der Waals surface area contributed by atoms with Crippen molar-refractivity contribution in [3.05, 3.63) is 62.6 Å². The van der Waals surface area contributed by atoms with Crippen LogP contribution in [0.15, 0.2) is 51.0 Å². The molecular weight excluding hydrogens is 440 g/mol. The van der Waals surface area contributed by atoms with Gasteiger partial charge in [0.05, 0.1) is 12.0 Å². The molecule has 0 fully saturated rings. The molecule has 2 aliphatic heterocycles. The lowest BCUT2D eigenvalue weighted by atomic mass is 10.1. The number of aryl methyl sites for hydroxylation is 1. The Morgan fingerprint density at radius 2 is 2.11 bits per heavy atom. The van der Waals surface area contributed by atoms with Crippen molar-refractivity contribution in [2.45, 2.75) is 20.0 Å². The van der Waals surface area contributed by atoms with Gasteiger partial charge < -0.3 is 4.74 Å². The molecule has 0 spiro atoms. The first-order chi connectivity index (χ1) is 13.5. The first-order valence-corrected chi connectivity index (χ1v) is 10.9. The SMILES string of the molecule is CCOc1ccc([C@H]2N=c3ccc(Br)cc3=C3C(=O)NC(SC)=NN32)cc1C. The summed E-state index contributed by atoms with van der Waals surface area (Å²) in [5.74, 6) is 0.668. The molecule has 0 aliphatic carbocycles. The number of amidine groups is 1. The number of benzene rings is 2. The van der Waals surface area contributed by atoms with Crippen LogP contribution < -0.4 is 20.6 Å². The number of thioether (sulfide) groups is 1. The highest BCUT2D eigenvalue weighted by molar-refractivity contribution is 9.10. The molecule has 2 heterocycles. The van der Waals surface area contributed by atoms with Gasteiger partial charge in [-0.2, -0.15) is 0 Å². The fraction of sp³-hybridized carbons (Fsp3) is 0.250. The predicted molar refractivity (Wildman–Crippen MR) is 114 cm³/mol. The second kappa shape index (κ2) is 7.60. The molecule has 0 aromatic heterocycles. The van der Waals surface area contributed by atoms with Gasteiger partial charge in [-0.05, 0) is 61.6 Å². The van der Waals surface area contributed by atoms with Gasteiger partial charge >= 0.3 is 0 Å².